The average Bonchev–Trinajstić information content (AvgIpc) is 0. The van der Waals surface area contributed by atoms with Crippen LogP contribution in [0.4, 0.5) is 0 Å². The summed E-state index contributed by atoms with van der Waals surface area (Å²) in [5.41, 5.74) is 0. The van der Waals surface area contributed by atoms with Crippen molar-refractivity contribution in [2.75, 3.05) is 0 Å². The number of rotatable bonds is 0. The van der Waals surface area contributed by atoms with Crippen molar-refractivity contribution in [3.63, 3.8) is 0 Å². The molecule has 0 atom stereocenters. The van der Waals surface area contributed by atoms with E-state index in [4.69, 9.17) is 0 Å². The minimum Gasteiger partial charge on any atom is -0.412 e. The van der Waals surface area contributed by atoms with Gasteiger partial charge >= 0.3 is 0 Å². The van der Waals surface area contributed by atoms with Crippen LogP contribution in [0.25, 0.3) is 0 Å². The molecule has 0 rings (SSSR count). The summed E-state index contributed by atoms with van der Waals surface area (Å²) >= 11 is 0. The van der Waals surface area contributed by atoms with Crippen LogP contribution < -0.4 is 0 Å². The van der Waals surface area contributed by atoms with Crippen LogP contribution in [0.3, 0.4) is 0 Å². The molecule has 0 aromatic carbocycles. The molecule has 8 heteroatoms. The summed E-state index contributed by atoms with van der Waals surface area (Å²) in [6.07, 6.45) is 0. The van der Waals surface area contributed by atoms with Gasteiger partial charge in [-0.2, -0.15) is 0 Å². The SMILES string of the molecule is O.O.O.O.O.[Ag].[V].[V]. The Morgan fingerprint density at radius 3 is 0.375 bits per heavy atom. The van der Waals surface area contributed by atoms with Gasteiger partial charge in [0.2, 0.25) is 0 Å². The monoisotopic (exact) mass is 299 g/mol. The predicted octanol–water partition coefficient (Wildman–Crippen LogP) is -4.13. The first-order chi connectivity index (χ1) is 0. The first kappa shape index (κ1) is 252. The summed E-state index contributed by atoms with van der Waals surface area (Å²) in [6.45, 7) is 0. The smallest absolute Gasteiger partial charge is 0 e. The second-order valence-electron chi connectivity index (χ2n) is 0. The fraction of sp³-hybridized carbons (Fsp3) is 0. The van der Waals surface area contributed by atoms with Crippen LogP contribution >= 0.6 is 0 Å². The maximum Gasteiger partial charge on any atom is 0 e. The van der Waals surface area contributed by atoms with Gasteiger partial charge in [-0.25, -0.2) is 0 Å². The molecule has 0 unspecified atom stereocenters. The van der Waals surface area contributed by atoms with Crippen LogP contribution in [0.1, 0.15) is 0 Å². The largest absolute Gasteiger partial charge is 0.412 e. The zero-order chi connectivity index (χ0) is 0. The molecule has 0 bridgehead atoms. The summed E-state index contributed by atoms with van der Waals surface area (Å²) in [7, 11) is 0. The Hall–Kier alpha value is 1.71. The minimum absolute atomic E-state index is 0. The van der Waals surface area contributed by atoms with E-state index < -0.39 is 0 Å². The Bertz CT molecular complexity index is 10.4. The molecule has 0 aliphatic carbocycles. The molecule has 0 amide bonds. The van der Waals surface area contributed by atoms with Crippen molar-refractivity contribution in [1.29, 1.82) is 0 Å². The molecular weight excluding hydrogens is 290 g/mol. The summed E-state index contributed by atoms with van der Waals surface area (Å²) in [5, 5.41) is 0. The summed E-state index contributed by atoms with van der Waals surface area (Å²) in [6, 6.07) is 0. The molecule has 0 heterocycles. The minimum atomic E-state index is 0. The Morgan fingerprint density at radius 1 is 0.375 bits per heavy atom. The maximum absolute atomic E-state index is 0. The zero-order valence-electron chi connectivity index (χ0n) is 3.70. The van der Waals surface area contributed by atoms with Gasteiger partial charge in [0, 0.05) is 59.5 Å². The molecule has 61 valence electrons. The molecule has 0 spiro atoms. The third-order valence-corrected chi connectivity index (χ3v) is 0. The molecule has 5 nitrogen and oxygen atoms in total. The topological polar surface area (TPSA) is 158 Å². The van der Waals surface area contributed by atoms with E-state index in [0.717, 1.165) is 0 Å². The number of hydrogen-bond acceptors (Lipinski definition) is 0. The van der Waals surface area contributed by atoms with E-state index in [-0.39, 0.29) is 86.9 Å². The average molecular weight is 300 g/mol. The van der Waals surface area contributed by atoms with E-state index in [2.05, 4.69) is 0 Å². The third kappa shape index (κ3) is 119. The second-order valence-corrected chi connectivity index (χ2v) is 0. The molecule has 0 aromatic rings. The third-order valence-electron chi connectivity index (χ3n) is 0. The van der Waals surface area contributed by atoms with Crippen LogP contribution in [-0.2, 0) is 59.5 Å². The van der Waals surface area contributed by atoms with Gasteiger partial charge in [-0.3, -0.25) is 0 Å². The molecule has 0 fully saturated rings. The quantitative estimate of drug-likeness (QED) is 0.398. The Balaban J connectivity index is 0. The van der Waals surface area contributed by atoms with E-state index in [1.165, 1.54) is 0 Å². The van der Waals surface area contributed by atoms with Gasteiger partial charge in [0.05, 0.1) is 0 Å². The van der Waals surface area contributed by atoms with Gasteiger partial charge in [0.25, 0.3) is 0 Å². The Kier molecular flexibility index (Phi) is 5580. The first-order valence-electron chi connectivity index (χ1n) is 0. The van der Waals surface area contributed by atoms with Crippen molar-refractivity contribution in [2.24, 2.45) is 0 Å². The van der Waals surface area contributed by atoms with Crippen LogP contribution in [0, 0.1) is 0 Å². The van der Waals surface area contributed by atoms with Gasteiger partial charge < -0.3 is 27.4 Å². The van der Waals surface area contributed by atoms with Crippen molar-refractivity contribution in [2.45, 2.75) is 0 Å². The van der Waals surface area contributed by atoms with E-state index in [1.807, 2.05) is 0 Å². The fourth-order valence-corrected chi connectivity index (χ4v) is 0. The molecule has 0 aliphatic rings. The Morgan fingerprint density at radius 2 is 0.375 bits per heavy atom. The Labute approximate surface area is 86.4 Å². The van der Waals surface area contributed by atoms with Crippen LogP contribution in [0.5, 0.6) is 0 Å². The molecule has 3 radical (unpaired) electrons. The fourth-order valence-electron chi connectivity index (χ4n) is 0. The first-order valence-corrected chi connectivity index (χ1v) is 0. The van der Waals surface area contributed by atoms with Crippen molar-refractivity contribution in [3.05, 3.63) is 0 Å². The van der Waals surface area contributed by atoms with Gasteiger partial charge in [-0.05, 0) is 0 Å². The predicted molar refractivity (Wildman–Crippen MR) is 18.1 cm³/mol. The van der Waals surface area contributed by atoms with E-state index in [9.17, 15) is 0 Å². The second kappa shape index (κ2) is 177. The van der Waals surface area contributed by atoms with Crippen molar-refractivity contribution < 1.29 is 86.9 Å². The van der Waals surface area contributed by atoms with Crippen LogP contribution in [0.15, 0.2) is 0 Å². The summed E-state index contributed by atoms with van der Waals surface area (Å²) < 4.78 is 0. The van der Waals surface area contributed by atoms with Crippen LogP contribution in [0.2, 0.25) is 0 Å². The van der Waals surface area contributed by atoms with Gasteiger partial charge in [-0.1, -0.05) is 0 Å². The molecule has 8 heavy (non-hydrogen) atoms. The maximum atomic E-state index is 0. The molecule has 10 N–H and O–H groups in total. The van der Waals surface area contributed by atoms with Crippen molar-refractivity contribution in [1.82, 2.24) is 0 Å². The molecule has 0 aliphatic heterocycles. The zero-order valence-corrected chi connectivity index (χ0v) is 7.97. The molecule has 0 saturated carbocycles. The molecule has 0 aromatic heterocycles. The summed E-state index contributed by atoms with van der Waals surface area (Å²) in [4.78, 5) is 0. The van der Waals surface area contributed by atoms with Gasteiger partial charge in [0.1, 0.15) is 0 Å². The van der Waals surface area contributed by atoms with Gasteiger partial charge in [0.15, 0.2) is 0 Å². The summed E-state index contributed by atoms with van der Waals surface area (Å²) in [5.74, 6) is 0. The normalized spacial score (nSPS) is 0. The van der Waals surface area contributed by atoms with Gasteiger partial charge in [-0.15, -0.1) is 0 Å². The van der Waals surface area contributed by atoms with Crippen molar-refractivity contribution >= 4 is 0 Å². The van der Waals surface area contributed by atoms with Crippen molar-refractivity contribution in [3.8, 4) is 0 Å². The number of hydrogen-bond donors (Lipinski definition) is 0. The van der Waals surface area contributed by atoms with Crippen LogP contribution in [-0.4, -0.2) is 27.4 Å². The van der Waals surface area contributed by atoms with E-state index >= 15 is 0 Å². The van der Waals surface area contributed by atoms with E-state index in [0.29, 0.717) is 0 Å². The molecular formula is H10AgO5V2. The van der Waals surface area contributed by atoms with E-state index in [1.54, 1.807) is 0 Å². The molecule has 0 saturated heterocycles. The standard InChI is InChI=1S/Ag.5H2O.2V/h;5*1H2;;.